The maximum atomic E-state index is 5.59. The Morgan fingerprint density at radius 2 is 2.36 bits per heavy atom. The molecule has 0 saturated carbocycles. The fourth-order valence-electron chi connectivity index (χ4n) is 0.395. The highest BCUT2D eigenvalue weighted by atomic mass is 35.5. The summed E-state index contributed by atoms with van der Waals surface area (Å²) in [4.78, 5) is 3.87. The molecule has 0 aliphatic rings. The maximum absolute atomic E-state index is 5.59. The zero-order valence-corrected chi connectivity index (χ0v) is 7.14. The molecule has 0 bridgehead atoms. The standard InChI is InChI=1S/C6H12ClN3O/c1-11-3-2-10-6(7)5(9)4-8/h4H,2-3,8-9H2,1H3. The predicted molar refractivity (Wildman–Crippen MR) is 46.5 cm³/mol. The van der Waals surface area contributed by atoms with Crippen molar-refractivity contribution in [2.45, 2.75) is 0 Å². The second kappa shape index (κ2) is 6.00. The molecule has 0 aliphatic heterocycles. The molecule has 0 atom stereocenters. The lowest BCUT2D eigenvalue weighted by atomic mass is 10.5. The van der Waals surface area contributed by atoms with Crippen LogP contribution in [0.4, 0.5) is 0 Å². The average molecular weight is 178 g/mol. The van der Waals surface area contributed by atoms with Gasteiger partial charge in [0.2, 0.25) is 0 Å². The van der Waals surface area contributed by atoms with E-state index in [1.807, 2.05) is 0 Å². The summed E-state index contributed by atoms with van der Waals surface area (Å²) in [5.41, 5.74) is 10.7. The van der Waals surface area contributed by atoms with Crippen LogP contribution < -0.4 is 11.5 Å². The van der Waals surface area contributed by atoms with Crippen LogP contribution in [0.1, 0.15) is 0 Å². The van der Waals surface area contributed by atoms with Gasteiger partial charge in [-0.25, -0.2) is 0 Å². The fourth-order valence-corrected chi connectivity index (χ4v) is 0.543. The average Bonchev–Trinajstić information content (AvgIpc) is 2.03. The first-order valence-corrected chi connectivity index (χ1v) is 3.46. The summed E-state index contributed by atoms with van der Waals surface area (Å²) in [5.74, 6) is 0. The predicted octanol–water partition coefficient (Wildman–Crippen LogP) is 0.0289. The lowest BCUT2D eigenvalue weighted by molar-refractivity contribution is 0.208. The molecular formula is C6H12ClN3O. The Labute approximate surface area is 70.9 Å². The van der Waals surface area contributed by atoms with Gasteiger partial charge in [-0.1, -0.05) is 11.6 Å². The number of ether oxygens (including phenoxy) is 1. The van der Waals surface area contributed by atoms with Crippen molar-refractivity contribution in [3.63, 3.8) is 0 Å². The first kappa shape index (κ1) is 10.3. The van der Waals surface area contributed by atoms with Crippen LogP contribution in [-0.2, 0) is 4.74 Å². The van der Waals surface area contributed by atoms with Crippen molar-refractivity contribution < 1.29 is 4.74 Å². The van der Waals surface area contributed by atoms with Crippen molar-refractivity contribution in [2.24, 2.45) is 16.5 Å². The van der Waals surface area contributed by atoms with Gasteiger partial charge in [0.25, 0.3) is 0 Å². The van der Waals surface area contributed by atoms with Crippen LogP contribution in [0.25, 0.3) is 0 Å². The third kappa shape index (κ3) is 4.64. The van der Waals surface area contributed by atoms with Gasteiger partial charge < -0.3 is 16.2 Å². The van der Waals surface area contributed by atoms with Crippen LogP contribution in [0.15, 0.2) is 16.9 Å². The number of methoxy groups -OCH3 is 1. The first-order valence-electron chi connectivity index (χ1n) is 3.09. The molecule has 0 unspecified atom stereocenters. The Bertz CT molecular complexity index is 167. The van der Waals surface area contributed by atoms with Crippen LogP contribution in [-0.4, -0.2) is 25.4 Å². The highest BCUT2D eigenvalue weighted by Crippen LogP contribution is 1.93. The molecule has 0 aliphatic carbocycles. The minimum absolute atomic E-state index is 0.226. The molecule has 0 amide bonds. The first-order chi connectivity index (χ1) is 5.22. The number of allylic oxidation sites excluding steroid dienone is 1. The normalized spacial score (nSPS) is 13.6. The van der Waals surface area contributed by atoms with Gasteiger partial charge in [-0.3, -0.25) is 4.99 Å². The summed E-state index contributed by atoms with van der Waals surface area (Å²) in [5, 5.41) is 0.226. The number of nitrogens with zero attached hydrogens (tertiary/aromatic N) is 1. The van der Waals surface area contributed by atoms with E-state index >= 15 is 0 Å². The Balaban J connectivity index is 3.81. The van der Waals surface area contributed by atoms with Crippen molar-refractivity contribution in [3.8, 4) is 0 Å². The Morgan fingerprint density at radius 3 is 2.82 bits per heavy atom. The number of nitrogens with two attached hydrogens (primary N) is 2. The third-order valence-electron chi connectivity index (χ3n) is 0.964. The zero-order valence-electron chi connectivity index (χ0n) is 6.38. The molecule has 4 nitrogen and oxygen atoms in total. The van der Waals surface area contributed by atoms with Crippen LogP contribution in [0, 0.1) is 0 Å². The minimum Gasteiger partial charge on any atom is -0.403 e. The number of aliphatic imine (C=N–C) groups is 1. The molecule has 0 saturated heterocycles. The SMILES string of the molecule is COCCN=C(Cl)C(N)=CN. The Morgan fingerprint density at radius 1 is 1.73 bits per heavy atom. The molecule has 0 spiro atoms. The monoisotopic (exact) mass is 177 g/mol. The van der Waals surface area contributed by atoms with E-state index in [-0.39, 0.29) is 10.9 Å². The van der Waals surface area contributed by atoms with Gasteiger partial charge in [0.1, 0.15) is 5.17 Å². The van der Waals surface area contributed by atoms with Crippen molar-refractivity contribution in [2.75, 3.05) is 20.3 Å². The molecule has 11 heavy (non-hydrogen) atoms. The van der Waals surface area contributed by atoms with Gasteiger partial charge in [-0.05, 0) is 0 Å². The summed E-state index contributed by atoms with van der Waals surface area (Å²) < 4.78 is 4.75. The summed E-state index contributed by atoms with van der Waals surface area (Å²) in [6.07, 6.45) is 1.21. The van der Waals surface area contributed by atoms with E-state index in [9.17, 15) is 0 Å². The van der Waals surface area contributed by atoms with Gasteiger partial charge in [0.15, 0.2) is 0 Å². The van der Waals surface area contributed by atoms with Crippen LogP contribution in [0.3, 0.4) is 0 Å². The summed E-state index contributed by atoms with van der Waals surface area (Å²) in [6, 6.07) is 0. The van der Waals surface area contributed by atoms with Crippen LogP contribution >= 0.6 is 11.6 Å². The quantitative estimate of drug-likeness (QED) is 0.470. The van der Waals surface area contributed by atoms with Crippen molar-refractivity contribution in [1.82, 2.24) is 0 Å². The molecule has 0 radical (unpaired) electrons. The second-order valence-electron chi connectivity index (χ2n) is 1.79. The van der Waals surface area contributed by atoms with Crippen molar-refractivity contribution >= 4 is 16.8 Å². The van der Waals surface area contributed by atoms with E-state index in [1.165, 1.54) is 6.20 Å². The van der Waals surface area contributed by atoms with E-state index < -0.39 is 0 Å². The zero-order chi connectivity index (χ0) is 8.69. The number of rotatable bonds is 4. The van der Waals surface area contributed by atoms with E-state index in [0.29, 0.717) is 13.2 Å². The van der Waals surface area contributed by atoms with E-state index in [1.54, 1.807) is 7.11 Å². The van der Waals surface area contributed by atoms with Crippen LogP contribution in [0.5, 0.6) is 0 Å². The molecule has 0 aromatic heterocycles. The lowest BCUT2D eigenvalue weighted by Crippen LogP contribution is -2.09. The molecule has 0 heterocycles. The summed E-state index contributed by atoms with van der Waals surface area (Å²) >= 11 is 5.59. The molecule has 64 valence electrons. The molecule has 0 aromatic carbocycles. The minimum atomic E-state index is 0.226. The molecule has 5 heteroatoms. The molecule has 0 aromatic rings. The largest absolute Gasteiger partial charge is 0.403 e. The molecule has 0 rings (SSSR count). The highest BCUT2D eigenvalue weighted by molar-refractivity contribution is 6.69. The van der Waals surface area contributed by atoms with E-state index in [4.69, 9.17) is 27.8 Å². The highest BCUT2D eigenvalue weighted by Gasteiger charge is 1.95. The second-order valence-corrected chi connectivity index (χ2v) is 2.15. The number of hydrogen-bond donors (Lipinski definition) is 2. The number of hydrogen-bond acceptors (Lipinski definition) is 4. The summed E-state index contributed by atoms with van der Waals surface area (Å²) in [7, 11) is 1.59. The topological polar surface area (TPSA) is 73.6 Å². The number of halogens is 1. The molecular weight excluding hydrogens is 166 g/mol. The van der Waals surface area contributed by atoms with Gasteiger partial charge >= 0.3 is 0 Å². The third-order valence-corrected chi connectivity index (χ3v) is 1.30. The maximum Gasteiger partial charge on any atom is 0.148 e. The smallest absolute Gasteiger partial charge is 0.148 e. The van der Waals surface area contributed by atoms with Crippen LogP contribution in [0.2, 0.25) is 0 Å². The van der Waals surface area contributed by atoms with Crippen molar-refractivity contribution in [1.29, 1.82) is 0 Å². The van der Waals surface area contributed by atoms with Gasteiger partial charge in [0.05, 0.1) is 18.8 Å². The van der Waals surface area contributed by atoms with E-state index in [0.717, 1.165) is 0 Å². The molecule has 4 N–H and O–H groups in total. The summed E-state index contributed by atoms with van der Waals surface area (Å²) in [6.45, 7) is 1.01. The van der Waals surface area contributed by atoms with Gasteiger partial charge in [0, 0.05) is 13.3 Å². The van der Waals surface area contributed by atoms with Crippen molar-refractivity contribution in [3.05, 3.63) is 11.9 Å². The van der Waals surface area contributed by atoms with Gasteiger partial charge in [-0.15, -0.1) is 0 Å². The fraction of sp³-hybridized carbons (Fsp3) is 0.500. The lowest BCUT2D eigenvalue weighted by Gasteiger charge is -1.96. The van der Waals surface area contributed by atoms with E-state index in [2.05, 4.69) is 4.99 Å². The van der Waals surface area contributed by atoms with Gasteiger partial charge in [-0.2, -0.15) is 0 Å². The Kier molecular flexibility index (Phi) is 5.60. The molecule has 0 fully saturated rings. The Hall–Kier alpha value is -0.740.